The second kappa shape index (κ2) is 6.55. The van der Waals surface area contributed by atoms with Crippen LogP contribution in [0.15, 0.2) is 0 Å². The zero-order valence-electron chi connectivity index (χ0n) is 14.2. The fraction of sp³-hybridized carbons (Fsp3) is 1.00. The van der Waals surface area contributed by atoms with Crippen molar-refractivity contribution in [1.82, 2.24) is 9.80 Å². The van der Waals surface area contributed by atoms with Crippen molar-refractivity contribution in [3.05, 3.63) is 0 Å². The van der Waals surface area contributed by atoms with Gasteiger partial charge in [0.25, 0.3) is 0 Å². The molecule has 2 N–H and O–H groups in total. The molecule has 1 saturated heterocycles. The van der Waals surface area contributed by atoms with Crippen LogP contribution in [0.5, 0.6) is 0 Å². The minimum Gasteiger partial charge on any atom is -0.329 e. The molecule has 3 heteroatoms. The minimum absolute atomic E-state index is 0.343. The largest absolute Gasteiger partial charge is 0.329 e. The number of nitrogens with zero attached hydrogens (tertiary/aromatic N) is 2. The van der Waals surface area contributed by atoms with Crippen LogP contribution in [0, 0.1) is 17.8 Å². The highest BCUT2D eigenvalue weighted by Crippen LogP contribution is 2.48. The maximum atomic E-state index is 6.31. The zero-order chi connectivity index (χ0) is 14.9. The van der Waals surface area contributed by atoms with Crippen LogP contribution < -0.4 is 5.73 Å². The van der Waals surface area contributed by atoms with E-state index in [1.807, 2.05) is 0 Å². The van der Waals surface area contributed by atoms with E-state index in [0.29, 0.717) is 5.54 Å². The molecule has 2 saturated carbocycles. The molecule has 3 nitrogen and oxygen atoms in total. The van der Waals surface area contributed by atoms with E-state index in [0.717, 1.165) is 24.3 Å². The summed E-state index contributed by atoms with van der Waals surface area (Å²) in [5, 5.41) is 0. The Hall–Kier alpha value is -0.120. The van der Waals surface area contributed by atoms with Gasteiger partial charge in [0, 0.05) is 44.8 Å². The van der Waals surface area contributed by atoms with E-state index < -0.39 is 0 Å². The predicted octanol–water partition coefficient (Wildman–Crippen LogP) is 2.56. The molecule has 1 aliphatic heterocycles. The third kappa shape index (κ3) is 3.62. The average molecular weight is 293 g/mol. The van der Waals surface area contributed by atoms with Crippen LogP contribution in [0.3, 0.4) is 0 Å². The molecular formula is C18H35N3. The van der Waals surface area contributed by atoms with Gasteiger partial charge in [-0.15, -0.1) is 0 Å². The minimum atomic E-state index is 0.343. The Bertz CT molecular complexity index is 331. The molecule has 0 bridgehead atoms. The Morgan fingerprint density at radius 2 is 1.76 bits per heavy atom. The third-order valence-corrected chi connectivity index (χ3v) is 6.19. The van der Waals surface area contributed by atoms with Crippen LogP contribution >= 0.6 is 0 Å². The summed E-state index contributed by atoms with van der Waals surface area (Å²) in [6.45, 7) is 11.8. The Kier molecular flexibility index (Phi) is 4.92. The van der Waals surface area contributed by atoms with Crippen LogP contribution in [-0.4, -0.2) is 54.6 Å². The van der Waals surface area contributed by atoms with E-state index in [-0.39, 0.29) is 0 Å². The molecule has 122 valence electrons. The number of hydrogen-bond acceptors (Lipinski definition) is 3. The molecule has 0 radical (unpaired) electrons. The monoisotopic (exact) mass is 293 g/mol. The van der Waals surface area contributed by atoms with Gasteiger partial charge in [0.2, 0.25) is 0 Å². The summed E-state index contributed by atoms with van der Waals surface area (Å²) >= 11 is 0. The van der Waals surface area contributed by atoms with Crippen LogP contribution in [0.2, 0.25) is 0 Å². The highest BCUT2D eigenvalue weighted by molar-refractivity contribution is 5.00. The van der Waals surface area contributed by atoms with Gasteiger partial charge in [-0.1, -0.05) is 26.7 Å². The lowest BCUT2D eigenvalue weighted by Gasteiger charge is -2.51. The predicted molar refractivity (Wildman–Crippen MR) is 89.3 cm³/mol. The molecule has 21 heavy (non-hydrogen) atoms. The van der Waals surface area contributed by atoms with E-state index in [1.165, 1.54) is 71.2 Å². The van der Waals surface area contributed by atoms with Crippen molar-refractivity contribution < 1.29 is 0 Å². The molecule has 0 aromatic carbocycles. The van der Waals surface area contributed by atoms with Crippen LogP contribution in [-0.2, 0) is 0 Å². The summed E-state index contributed by atoms with van der Waals surface area (Å²) in [6, 6.07) is 0. The molecule has 3 rings (SSSR count). The zero-order valence-corrected chi connectivity index (χ0v) is 14.2. The Morgan fingerprint density at radius 3 is 2.33 bits per heavy atom. The molecule has 0 amide bonds. The summed E-state index contributed by atoms with van der Waals surface area (Å²) in [4.78, 5) is 5.42. The van der Waals surface area contributed by atoms with Crippen LogP contribution in [0.25, 0.3) is 0 Å². The molecule has 3 fully saturated rings. The molecule has 1 heterocycles. The first-order chi connectivity index (χ1) is 10.1. The lowest BCUT2D eigenvalue weighted by atomic mass is 9.72. The smallest absolute Gasteiger partial charge is 0.0335 e. The normalized spacial score (nSPS) is 36.3. The Labute approximate surface area is 131 Å². The summed E-state index contributed by atoms with van der Waals surface area (Å²) in [5.74, 6) is 2.82. The Balaban J connectivity index is 1.58. The second-order valence-corrected chi connectivity index (χ2v) is 8.30. The van der Waals surface area contributed by atoms with Gasteiger partial charge >= 0.3 is 0 Å². The molecule has 3 aliphatic rings. The standard InChI is InChI=1S/C18H35N3/c1-15(2)13-20-8-10-21(11-9-20)18(14-19)7-3-4-17(12-18)16-5-6-16/h15-17H,3-14,19H2,1-2H3. The number of rotatable bonds is 5. The first-order valence-electron chi connectivity index (χ1n) is 9.30. The van der Waals surface area contributed by atoms with Crippen molar-refractivity contribution in [2.75, 3.05) is 39.3 Å². The fourth-order valence-electron chi connectivity index (χ4n) is 4.88. The van der Waals surface area contributed by atoms with Crippen molar-refractivity contribution in [3.63, 3.8) is 0 Å². The van der Waals surface area contributed by atoms with Crippen LogP contribution in [0.4, 0.5) is 0 Å². The van der Waals surface area contributed by atoms with Crippen molar-refractivity contribution in [2.45, 2.75) is 57.9 Å². The van der Waals surface area contributed by atoms with E-state index in [1.54, 1.807) is 0 Å². The highest BCUT2D eigenvalue weighted by Gasteiger charge is 2.44. The molecule has 2 unspecified atom stereocenters. The average Bonchev–Trinajstić information content (AvgIpc) is 3.32. The maximum absolute atomic E-state index is 6.31. The SMILES string of the molecule is CC(C)CN1CCN(C2(CN)CCCC(C3CC3)C2)CC1. The van der Waals surface area contributed by atoms with Gasteiger partial charge in [-0.3, -0.25) is 4.90 Å². The van der Waals surface area contributed by atoms with Crippen molar-refractivity contribution in [3.8, 4) is 0 Å². The van der Waals surface area contributed by atoms with Gasteiger partial charge in [0.1, 0.15) is 0 Å². The van der Waals surface area contributed by atoms with Gasteiger partial charge in [0.05, 0.1) is 0 Å². The topological polar surface area (TPSA) is 32.5 Å². The number of nitrogens with two attached hydrogens (primary N) is 1. The summed E-state index contributed by atoms with van der Waals surface area (Å²) < 4.78 is 0. The quantitative estimate of drug-likeness (QED) is 0.845. The molecule has 2 aliphatic carbocycles. The van der Waals surface area contributed by atoms with E-state index >= 15 is 0 Å². The maximum Gasteiger partial charge on any atom is 0.0335 e. The molecule has 0 spiro atoms. The summed E-state index contributed by atoms with van der Waals surface area (Å²) in [6.07, 6.45) is 8.60. The van der Waals surface area contributed by atoms with Crippen molar-refractivity contribution >= 4 is 0 Å². The molecule has 0 aromatic heterocycles. The number of hydrogen-bond donors (Lipinski definition) is 1. The lowest BCUT2D eigenvalue weighted by Crippen LogP contribution is -2.62. The number of piperazine rings is 1. The van der Waals surface area contributed by atoms with Gasteiger partial charge in [-0.25, -0.2) is 0 Å². The third-order valence-electron chi connectivity index (χ3n) is 6.19. The van der Waals surface area contributed by atoms with Gasteiger partial charge in [-0.2, -0.15) is 0 Å². The van der Waals surface area contributed by atoms with Gasteiger partial charge in [-0.05, 0) is 43.4 Å². The van der Waals surface area contributed by atoms with E-state index in [2.05, 4.69) is 23.6 Å². The molecular weight excluding hydrogens is 258 g/mol. The fourth-order valence-corrected chi connectivity index (χ4v) is 4.88. The van der Waals surface area contributed by atoms with Crippen molar-refractivity contribution in [2.24, 2.45) is 23.5 Å². The Morgan fingerprint density at radius 1 is 1.05 bits per heavy atom. The van der Waals surface area contributed by atoms with Gasteiger partial charge < -0.3 is 10.6 Å². The summed E-state index contributed by atoms with van der Waals surface area (Å²) in [7, 11) is 0. The van der Waals surface area contributed by atoms with E-state index in [9.17, 15) is 0 Å². The van der Waals surface area contributed by atoms with Crippen molar-refractivity contribution in [1.29, 1.82) is 0 Å². The second-order valence-electron chi connectivity index (χ2n) is 8.30. The summed E-state index contributed by atoms with van der Waals surface area (Å²) in [5.41, 5.74) is 6.65. The molecule has 0 aromatic rings. The van der Waals surface area contributed by atoms with Crippen LogP contribution in [0.1, 0.15) is 52.4 Å². The first kappa shape index (κ1) is 15.8. The first-order valence-corrected chi connectivity index (χ1v) is 9.30. The molecule has 2 atom stereocenters. The lowest BCUT2D eigenvalue weighted by molar-refractivity contribution is -0.00622. The van der Waals surface area contributed by atoms with Gasteiger partial charge in [0.15, 0.2) is 0 Å². The highest BCUT2D eigenvalue weighted by atomic mass is 15.3. The van der Waals surface area contributed by atoms with E-state index in [4.69, 9.17) is 5.73 Å².